The molecule has 1 saturated carbocycles. The van der Waals surface area contributed by atoms with Crippen LogP contribution < -0.4 is 0 Å². The van der Waals surface area contributed by atoms with Crippen molar-refractivity contribution >= 4 is 16.9 Å². The highest BCUT2D eigenvalue weighted by atomic mass is 32.2. The second-order valence-corrected chi connectivity index (χ2v) is 4.11. The van der Waals surface area contributed by atoms with Crippen LogP contribution in [-0.4, -0.2) is 10.4 Å². The van der Waals surface area contributed by atoms with Gasteiger partial charge in [-0.2, -0.15) is 0 Å². The summed E-state index contributed by atoms with van der Waals surface area (Å²) >= 11 is 1.57. The van der Waals surface area contributed by atoms with Gasteiger partial charge >= 0.3 is 0 Å². The van der Waals surface area contributed by atoms with Gasteiger partial charge in [-0.15, -0.1) is 0 Å². The maximum Gasteiger partial charge on any atom is 0.188 e. The van der Waals surface area contributed by atoms with Crippen molar-refractivity contribution in [1.82, 2.24) is 0 Å². The van der Waals surface area contributed by atoms with Crippen molar-refractivity contribution in [2.45, 2.75) is 44.3 Å². The SMILES string of the molecule is CCC(=O)SC1CCCC1. The molecule has 0 heterocycles. The van der Waals surface area contributed by atoms with Crippen molar-refractivity contribution in [3.8, 4) is 0 Å². The van der Waals surface area contributed by atoms with Gasteiger partial charge in [0.15, 0.2) is 5.12 Å². The predicted octanol–water partition coefficient (Wildman–Crippen LogP) is 2.60. The average molecular weight is 158 g/mol. The van der Waals surface area contributed by atoms with Gasteiger partial charge in [-0.05, 0) is 12.8 Å². The second-order valence-electron chi connectivity index (χ2n) is 2.75. The topological polar surface area (TPSA) is 17.1 Å². The number of hydrogen-bond donors (Lipinski definition) is 0. The first-order valence-corrected chi connectivity index (χ1v) is 4.90. The Bertz CT molecular complexity index is 116. The van der Waals surface area contributed by atoms with E-state index in [1.165, 1.54) is 25.7 Å². The van der Waals surface area contributed by atoms with Gasteiger partial charge in [-0.25, -0.2) is 0 Å². The lowest BCUT2D eigenvalue weighted by Crippen LogP contribution is -1.99. The van der Waals surface area contributed by atoms with Crippen LogP contribution in [0, 0.1) is 0 Å². The number of carbonyl (C=O) groups excluding carboxylic acids is 1. The molecule has 1 fully saturated rings. The first-order valence-electron chi connectivity index (χ1n) is 4.02. The first-order chi connectivity index (χ1) is 4.83. The summed E-state index contributed by atoms with van der Waals surface area (Å²) in [5, 5.41) is 1.03. The van der Waals surface area contributed by atoms with Gasteiger partial charge in [0.2, 0.25) is 0 Å². The Kier molecular flexibility index (Phi) is 3.26. The first kappa shape index (κ1) is 8.12. The Morgan fingerprint density at radius 1 is 1.50 bits per heavy atom. The van der Waals surface area contributed by atoms with E-state index in [0.717, 1.165) is 0 Å². The average Bonchev–Trinajstić information content (AvgIpc) is 2.40. The third-order valence-electron chi connectivity index (χ3n) is 1.89. The minimum atomic E-state index is 0.368. The molecule has 0 radical (unpaired) electrons. The molecular weight excluding hydrogens is 144 g/mol. The summed E-state index contributed by atoms with van der Waals surface area (Å²) < 4.78 is 0. The quantitative estimate of drug-likeness (QED) is 0.614. The van der Waals surface area contributed by atoms with E-state index >= 15 is 0 Å². The molecule has 2 heteroatoms. The summed E-state index contributed by atoms with van der Waals surface area (Å²) in [6.07, 6.45) is 5.87. The van der Waals surface area contributed by atoms with Crippen LogP contribution in [0.15, 0.2) is 0 Å². The second kappa shape index (κ2) is 4.02. The maximum atomic E-state index is 10.9. The van der Waals surface area contributed by atoms with E-state index in [9.17, 15) is 4.79 Å². The van der Waals surface area contributed by atoms with Crippen LogP contribution in [-0.2, 0) is 4.79 Å². The molecule has 10 heavy (non-hydrogen) atoms. The largest absolute Gasteiger partial charge is 0.287 e. The van der Waals surface area contributed by atoms with Crippen molar-refractivity contribution in [2.24, 2.45) is 0 Å². The highest BCUT2D eigenvalue weighted by molar-refractivity contribution is 8.14. The number of carbonyl (C=O) groups is 1. The number of thioether (sulfide) groups is 1. The monoisotopic (exact) mass is 158 g/mol. The Hall–Kier alpha value is 0.0200. The van der Waals surface area contributed by atoms with E-state index in [-0.39, 0.29) is 0 Å². The van der Waals surface area contributed by atoms with E-state index in [4.69, 9.17) is 0 Å². The summed E-state index contributed by atoms with van der Waals surface area (Å²) in [7, 11) is 0. The molecule has 0 spiro atoms. The lowest BCUT2D eigenvalue weighted by Gasteiger charge is -2.04. The zero-order valence-corrected chi connectivity index (χ0v) is 7.25. The lowest BCUT2D eigenvalue weighted by atomic mass is 10.4. The molecular formula is C8H14OS. The van der Waals surface area contributed by atoms with Crippen molar-refractivity contribution in [3.05, 3.63) is 0 Å². The summed E-state index contributed by atoms with van der Waals surface area (Å²) in [5.74, 6) is 0. The molecule has 0 aromatic carbocycles. The number of hydrogen-bond acceptors (Lipinski definition) is 2. The van der Waals surface area contributed by atoms with E-state index in [1.807, 2.05) is 6.92 Å². The van der Waals surface area contributed by atoms with Crippen LogP contribution in [0.25, 0.3) is 0 Å². The van der Waals surface area contributed by atoms with Crippen LogP contribution in [0.2, 0.25) is 0 Å². The zero-order chi connectivity index (χ0) is 7.40. The van der Waals surface area contributed by atoms with Gasteiger partial charge in [0.1, 0.15) is 0 Å². The van der Waals surface area contributed by atoms with Crippen LogP contribution in [0.1, 0.15) is 39.0 Å². The van der Waals surface area contributed by atoms with Crippen molar-refractivity contribution in [2.75, 3.05) is 0 Å². The molecule has 0 bridgehead atoms. The Balaban J connectivity index is 2.17. The molecule has 58 valence electrons. The van der Waals surface area contributed by atoms with Gasteiger partial charge in [-0.3, -0.25) is 4.79 Å². The van der Waals surface area contributed by atoms with Gasteiger partial charge in [0.25, 0.3) is 0 Å². The van der Waals surface area contributed by atoms with E-state index in [1.54, 1.807) is 11.8 Å². The Morgan fingerprint density at radius 3 is 2.60 bits per heavy atom. The van der Waals surface area contributed by atoms with E-state index < -0.39 is 0 Å². The fourth-order valence-corrected chi connectivity index (χ4v) is 2.38. The molecule has 1 nitrogen and oxygen atoms in total. The third-order valence-corrected chi connectivity index (χ3v) is 3.25. The molecule has 0 unspecified atom stereocenters. The van der Waals surface area contributed by atoms with E-state index in [2.05, 4.69) is 0 Å². The maximum absolute atomic E-state index is 10.9. The summed E-state index contributed by atoms with van der Waals surface area (Å²) in [6, 6.07) is 0. The lowest BCUT2D eigenvalue weighted by molar-refractivity contribution is -0.110. The normalized spacial score (nSPS) is 19.7. The van der Waals surface area contributed by atoms with Gasteiger partial charge in [0.05, 0.1) is 0 Å². The van der Waals surface area contributed by atoms with Crippen LogP contribution in [0.4, 0.5) is 0 Å². The zero-order valence-electron chi connectivity index (χ0n) is 6.43. The van der Waals surface area contributed by atoms with Crippen LogP contribution in [0.3, 0.4) is 0 Å². The molecule has 1 rings (SSSR count). The highest BCUT2D eigenvalue weighted by Gasteiger charge is 2.17. The Labute approximate surface area is 66.6 Å². The highest BCUT2D eigenvalue weighted by Crippen LogP contribution is 2.30. The molecule has 0 amide bonds. The molecule has 0 aromatic heterocycles. The van der Waals surface area contributed by atoms with Gasteiger partial charge < -0.3 is 0 Å². The Morgan fingerprint density at radius 2 is 2.10 bits per heavy atom. The van der Waals surface area contributed by atoms with Gasteiger partial charge in [-0.1, -0.05) is 31.5 Å². The summed E-state index contributed by atoms with van der Waals surface area (Å²) in [4.78, 5) is 10.9. The fourth-order valence-electron chi connectivity index (χ4n) is 1.28. The minimum absolute atomic E-state index is 0.368. The van der Waals surface area contributed by atoms with Crippen molar-refractivity contribution < 1.29 is 4.79 Å². The number of rotatable bonds is 2. The molecule has 1 aliphatic rings. The summed E-state index contributed by atoms with van der Waals surface area (Å²) in [5.41, 5.74) is 0. The van der Waals surface area contributed by atoms with Crippen molar-refractivity contribution in [1.29, 1.82) is 0 Å². The van der Waals surface area contributed by atoms with E-state index in [0.29, 0.717) is 16.8 Å². The molecule has 0 atom stereocenters. The molecule has 1 aliphatic carbocycles. The van der Waals surface area contributed by atoms with Crippen molar-refractivity contribution in [3.63, 3.8) is 0 Å². The molecule has 0 saturated heterocycles. The van der Waals surface area contributed by atoms with Crippen LogP contribution in [0.5, 0.6) is 0 Å². The fraction of sp³-hybridized carbons (Fsp3) is 0.875. The predicted molar refractivity (Wildman–Crippen MR) is 45.1 cm³/mol. The van der Waals surface area contributed by atoms with Crippen LogP contribution >= 0.6 is 11.8 Å². The summed E-state index contributed by atoms with van der Waals surface area (Å²) in [6.45, 7) is 1.93. The molecule has 0 aromatic rings. The molecule has 0 aliphatic heterocycles. The minimum Gasteiger partial charge on any atom is -0.287 e. The molecule has 0 N–H and O–H groups in total. The standard InChI is InChI=1S/C8H14OS/c1-2-8(9)10-7-5-3-4-6-7/h7H,2-6H2,1H3. The third kappa shape index (κ3) is 2.33. The van der Waals surface area contributed by atoms with Gasteiger partial charge in [0, 0.05) is 11.7 Å². The smallest absolute Gasteiger partial charge is 0.188 e.